The van der Waals surface area contributed by atoms with Crippen molar-refractivity contribution in [1.29, 1.82) is 0 Å². The second-order valence-corrected chi connectivity index (χ2v) is 10.3. The molecule has 2 aromatic heterocycles. The zero-order chi connectivity index (χ0) is 26.1. The van der Waals surface area contributed by atoms with E-state index in [4.69, 9.17) is 12.2 Å². The predicted octanol–water partition coefficient (Wildman–Crippen LogP) is 6.24. The minimum atomic E-state index is -0.101. The predicted molar refractivity (Wildman–Crippen MR) is 154 cm³/mol. The fourth-order valence-corrected chi connectivity index (χ4v) is 5.98. The van der Waals surface area contributed by atoms with Gasteiger partial charge in [0.15, 0.2) is 5.11 Å². The van der Waals surface area contributed by atoms with Gasteiger partial charge in [-0.1, -0.05) is 42.5 Å². The average molecular weight is 512 g/mol. The third-order valence-electron chi connectivity index (χ3n) is 7.20. The molecule has 7 heteroatoms. The van der Waals surface area contributed by atoms with Crippen molar-refractivity contribution < 1.29 is 4.79 Å². The van der Waals surface area contributed by atoms with Crippen LogP contribution in [0.25, 0.3) is 10.8 Å². The average Bonchev–Trinajstić information content (AvgIpc) is 3.37. The van der Waals surface area contributed by atoms with Gasteiger partial charge in [0.1, 0.15) is 0 Å². The molecule has 0 bridgehead atoms. The molecule has 2 aromatic carbocycles. The molecule has 0 saturated carbocycles. The second-order valence-electron chi connectivity index (χ2n) is 9.94. The van der Waals surface area contributed by atoms with Crippen LogP contribution >= 0.6 is 12.2 Å². The molecule has 37 heavy (non-hydrogen) atoms. The van der Waals surface area contributed by atoms with Crippen LogP contribution in [0.4, 0.5) is 5.69 Å². The number of pyridine rings is 1. The van der Waals surface area contributed by atoms with Gasteiger partial charge in [-0.05, 0) is 75.1 Å². The van der Waals surface area contributed by atoms with Crippen LogP contribution in [0.2, 0.25) is 0 Å². The standard InChI is InChI=1S/C30H33N5OS/c1-19(2)35-20(3)18-24(21(35)4)29-28(26-13-7-8-16-31-26)33-30(37)34(29)17-15-27(36)32-25-14-9-11-22-10-5-6-12-23(22)25/h5-14,16,18-19,28-29H,15,17H2,1-4H3,(H,32,36)(H,33,37)/t28-,29-/m1/s1. The number of fused-ring (bicyclic) bond motifs is 1. The van der Waals surface area contributed by atoms with Crippen LogP contribution in [0.5, 0.6) is 0 Å². The lowest BCUT2D eigenvalue weighted by molar-refractivity contribution is -0.116. The zero-order valence-corrected chi connectivity index (χ0v) is 22.5. The van der Waals surface area contributed by atoms with Crippen molar-refractivity contribution in [2.24, 2.45) is 0 Å². The minimum absolute atomic E-state index is 0.0353. The van der Waals surface area contributed by atoms with E-state index in [0.717, 1.165) is 22.2 Å². The number of aromatic nitrogens is 2. The van der Waals surface area contributed by atoms with Gasteiger partial charge in [-0.15, -0.1) is 0 Å². The van der Waals surface area contributed by atoms with Crippen molar-refractivity contribution in [1.82, 2.24) is 19.8 Å². The fraction of sp³-hybridized carbons (Fsp3) is 0.300. The molecule has 0 radical (unpaired) electrons. The molecular weight excluding hydrogens is 478 g/mol. The van der Waals surface area contributed by atoms with Gasteiger partial charge in [-0.2, -0.15) is 0 Å². The van der Waals surface area contributed by atoms with E-state index in [1.54, 1.807) is 0 Å². The molecule has 0 aliphatic carbocycles. The molecule has 1 fully saturated rings. The number of hydrogen-bond donors (Lipinski definition) is 2. The molecule has 190 valence electrons. The Kier molecular flexibility index (Phi) is 6.98. The third kappa shape index (κ3) is 4.83. The van der Waals surface area contributed by atoms with Crippen LogP contribution < -0.4 is 10.6 Å². The molecule has 2 N–H and O–H groups in total. The van der Waals surface area contributed by atoms with Crippen LogP contribution in [0.15, 0.2) is 72.9 Å². The molecule has 0 spiro atoms. The maximum absolute atomic E-state index is 13.1. The Hall–Kier alpha value is -3.71. The Morgan fingerprint density at radius 2 is 1.84 bits per heavy atom. The summed E-state index contributed by atoms with van der Waals surface area (Å²) in [7, 11) is 0. The van der Waals surface area contributed by atoms with Gasteiger partial charge in [0.25, 0.3) is 0 Å². The van der Waals surface area contributed by atoms with Gasteiger partial charge < -0.3 is 20.1 Å². The highest BCUT2D eigenvalue weighted by Crippen LogP contribution is 2.41. The first-order valence-corrected chi connectivity index (χ1v) is 13.2. The van der Waals surface area contributed by atoms with Crippen LogP contribution in [0, 0.1) is 13.8 Å². The highest BCUT2D eigenvalue weighted by molar-refractivity contribution is 7.80. The molecular formula is C30H33N5OS. The Labute approximate surface area is 223 Å². The van der Waals surface area contributed by atoms with Gasteiger partial charge in [0, 0.05) is 47.7 Å². The number of nitrogens with one attached hydrogen (secondary N) is 2. The number of carbonyl (C=O) groups excluding carboxylic acids is 1. The summed E-state index contributed by atoms with van der Waals surface area (Å²) in [4.78, 5) is 19.9. The van der Waals surface area contributed by atoms with E-state index in [9.17, 15) is 4.79 Å². The summed E-state index contributed by atoms with van der Waals surface area (Å²) in [6.45, 7) is 9.22. The Bertz CT molecular complexity index is 1440. The first-order valence-electron chi connectivity index (χ1n) is 12.8. The van der Waals surface area contributed by atoms with Crippen molar-refractivity contribution in [2.45, 2.75) is 52.2 Å². The lowest BCUT2D eigenvalue weighted by atomic mass is 9.96. The van der Waals surface area contributed by atoms with E-state index in [-0.39, 0.29) is 18.0 Å². The van der Waals surface area contributed by atoms with E-state index in [2.05, 4.69) is 71.0 Å². The third-order valence-corrected chi connectivity index (χ3v) is 7.55. The molecule has 1 aliphatic rings. The number of aryl methyl sites for hydroxylation is 1. The summed E-state index contributed by atoms with van der Waals surface area (Å²) < 4.78 is 2.36. The summed E-state index contributed by atoms with van der Waals surface area (Å²) in [6.07, 6.45) is 2.13. The van der Waals surface area contributed by atoms with E-state index in [1.807, 2.05) is 54.7 Å². The minimum Gasteiger partial charge on any atom is -0.352 e. The van der Waals surface area contributed by atoms with E-state index < -0.39 is 0 Å². The Morgan fingerprint density at radius 1 is 1.08 bits per heavy atom. The maximum atomic E-state index is 13.1. The van der Waals surface area contributed by atoms with Crippen LogP contribution in [-0.4, -0.2) is 32.0 Å². The topological polar surface area (TPSA) is 62.2 Å². The molecule has 1 amide bonds. The molecule has 5 rings (SSSR count). The van der Waals surface area contributed by atoms with E-state index in [1.165, 1.54) is 17.0 Å². The maximum Gasteiger partial charge on any atom is 0.226 e. The quantitative estimate of drug-likeness (QED) is 0.288. The lowest BCUT2D eigenvalue weighted by Crippen LogP contribution is -2.33. The fourth-order valence-electron chi connectivity index (χ4n) is 5.65. The summed E-state index contributed by atoms with van der Waals surface area (Å²) in [5.74, 6) is -0.0353. The van der Waals surface area contributed by atoms with Crippen molar-refractivity contribution in [3.8, 4) is 0 Å². The van der Waals surface area contributed by atoms with Gasteiger partial charge in [0.05, 0.1) is 17.8 Å². The SMILES string of the molecule is Cc1cc([C@@H]2[C@@H](c3ccccn3)NC(=S)N2CCC(=O)Nc2cccc3ccccc23)c(C)n1C(C)C. The molecule has 4 aromatic rings. The molecule has 1 saturated heterocycles. The van der Waals surface area contributed by atoms with Crippen molar-refractivity contribution in [3.63, 3.8) is 0 Å². The normalized spacial score (nSPS) is 17.4. The first kappa shape index (κ1) is 25.0. The number of hydrogen-bond acceptors (Lipinski definition) is 3. The summed E-state index contributed by atoms with van der Waals surface area (Å²) >= 11 is 5.82. The molecule has 3 heterocycles. The number of benzene rings is 2. The second kappa shape index (κ2) is 10.3. The highest BCUT2D eigenvalue weighted by Gasteiger charge is 2.41. The van der Waals surface area contributed by atoms with Crippen molar-refractivity contribution in [3.05, 3.63) is 95.6 Å². The van der Waals surface area contributed by atoms with E-state index >= 15 is 0 Å². The van der Waals surface area contributed by atoms with Crippen molar-refractivity contribution in [2.75, 3.05) is 11.9 Å². The molecule has 2 atom stereocenters. The Morgan fingerprint density at radius 3 is 2.57 bits per heavy atom. The summed E-state index contributed by atoms with van der Waals surface area (Å²) in [6, 6.07) is 22.4. The van der Waals surface area contributed by atoms with Gasteiger partial charge >= 0.3 is 0 Å². The van der Waals surface area contributed by atoms with Gasteiger partial charge in [0.2, 0.25) is 5.91 Å². The number of nitrogens with zero attached hydrogens (tertiary/aromatic N) is 3. The van der Waals surface area contributed by atoms with Crippen LogP contribution in [0.1, 0.15) is 61.0 Å². The van der Waals surface area contributed by atoms with Gasteiger partial charge in [-0.25, -0.2) is 0 Å². The number of thiocarbonyl (C=S) groups is 1. The van der Waals surface area contributed by atoms with Crippen molar-refractivity contribution >= 4 is 39.7 Å². The summed E-state index contributed by atoms with van der Waals surface area (Å²) in [5, 5.41) is 9.40. The summed E-state index contributed by atoms with van der Waals surface area (Å²) in [5.41, 5.74) is 5.41. The number of carbonyl (C=O) groups is 1. The Balaban J connectivity index is 1.42. The monoisotopic (exact) mass is 511 g/mol. The number of anilines is 1. The molecule has 0 unspecified atom stereocenters. The first-order chi connectivity index (χ1) is 17.8. The molecule has 6 nitrogen and oxygen atoms in total. The number of rotatable bonds is 7. The van der Waals surface area contributed by atoms with Crippen LogP contribution in [0.3, 0.4) is 0 Å². The van der Waals surface area contributed by atoms with Gasteiger partial charge in [-0.3, -0.25) is 9.78 Å². The largest absolute Gasteiger partial charge is 0.352 e. The van der Waals surface area contributed by atoms with E-state index in [0.29, 0.717) is 24.1 Å². The lowest BCUT2D eigenvalue weighted by Gasteiger charge is -2.28. The van der Waals surface area contributed by atoms with Crippen LogP contribution in [-0.2, 0) is 4.79 Å². The number of amides is 1. The smallest absolute Gasteiger partial charge is 0.226 e. The highest BCUT2D eigenvalue weighted by atomic mass is 32.1. The molecule has 1 aliphatic heterocycles. The zero-order valence-electron chi connectivity index (χ0n) is 21.7.